The number of carboxylic acids is 2. The molecule has 2 aliphatic rings. The average Bonchev–Trinajstić information content (AvgIpc) is 3.64. The number of hydrogen-bond donors (Lipinski definition) is 4. The van der Waals surface area contributed by atoms with Crippen molar-refractivity contribution in [3.63, 3.8) is 0 Å². The molecule has 4 N–H and O–H groups in total. The van der Waals surface area contributed by atoms with E-state index in [0.717, 1.165) is 74.4 Å². The number of carboxylic acid groups (broad SMARTS) is 2. The fraction of sp³-hybridized carbons (Fsp3) is 0.333. The van der Waals surface area contributed by atoms with Crippen LogP contribution < -0.4 is 0 Å². The molecule has 2 aromatic carbocycles. The van der Waals surface area contributed by atoms with Crippen molar-refractivity contribution in [1.82, 2.24) is 39.5 Å². The van der Waals surface area contributed by atoms with Gasteiger partial charge in [-0.2, -0.15) is 0 Å². The van der Waals surface area contributed by atoms with Gasteiger partial charge >= 0.3 is 11.9 Å². The van der Waals surface area contributed by atoms with Crippen LogP contribution in [0.5, 0.6) is 0 Å². The molecule has 0 radical (unpaired) electrons. The monoisotopic (exact) mass is 672 g/mol. The van der Waals surface area contributed by atoms with E-state index >= 15 is 0 Å². The Morgan fingerprint density at radius 1 is 0.652 bits per heavy atom. The average molecular weight is 674 g/mol. The first-order valence-corrected chi connectivity index (χ1v) is 15.1. The second kappa shape index (κ2) is 15.7. The van der Waals surface area contributed by atoms with Crippen molar-refractivity contribution < 1.29 is 29.4 Å². The minimum atomic E-state index is -1.26. The summed E-state index contributed by atoms with van der Waals surface area (Å²) in [5.74, 6) is -1.82. The molecule has 0 unspecified atom stereocenters. The zero-order valence-corrected chi connectivity index (χ0v) is 26.8. The molecule has 4 heterocycles. The van der Waals surface area contributed by atoms with Crippen LogP contribution in [0, 0.1) is 0 Å². The van der Waals surface area contributed by atoms with Gasteiger partial charge in [0.2, 0.25) is 0 Å². The third kappa shape index (κ3) is 9.50. The molecule has 244 valence electrons. The van der Waals surface area contributed by atoms with Crippen molar-refractivity contribution in [2.45, 2.75) is 0 Å². The molecular formula is C30H34Cl2N8O6. The minimum absolute atomic E-state index is 0.0413. The van der Waals surface area contributed by atoms with Crippen LogP contribution in [0.3, 0.4) is 0 Å². The maximum absolute atomic E-state index is 12.3. The number of amides is 2. The molecule has 14 nitrogen and oxygen atoms in total. The third-order valence-electron chi connectivity index (χ3n) is 7.24. The lowest BCUT2D eigenvalue weighted by Gasteiger charge is -2.31. The van der Waals surface area contributed by atoms with Gasteiger partial charge in [0.05, 0.1) is 22.1 Å². The summed E-state index contributed by atoms with van der Waals surface area (Å²) in [5.41, 5.74) is 3.12. The van der Waals surface area contributed by atoms with Gasteiger partial charge in [0.1, 0.15) is 0 Å². The van der Waals surface area contributed by atoms with Crippen LogP contribution >= 0.6 is 23.2 Å². The number of nitrogens with zero attached hydrogens (tertiary/aromatic N) is 6. The maximum atomic E-state index is 12.3. The number of rotatable bonds is 4. The predicted molar refractivity (Wildman–Crippen MR) is 173 cm³/mol. The Morgan fingerprint density at radius 2 is 1.00 bits per heavy atom. The van der Waals surface area contributed by atoms with Crippen LogP contribution in [0.4, 0.5) is 0 Å². The van der Waals surface area contributed by atoms with Crippen molar-refractivity contribution in [2.75, 3.05) is 66.5 Å². The number of benzene rings is 2. The third-order valence-corrected chi connectivity index (χ3v) is 7.71. The van der Waals surface area contributed by atoms with E-state index in [-0.39, 0.29) is 11.8 Å². The normalized spacial score (nSPS) is 15.7. The number of aromatic amines is 2. The van der Waals surface area contributed by atoms with Crippen LogP contribution in [-0.2, 0) is 9.59 Å². The molecule has 2 aliphatic heterocycles. The highest BCUT2D eigenvalue weighted by Crippen LogP contribution is 2.19. The zero-order valence-electron chi connectivity index (χ0n) is 25.2. The number of fused-ring (bicyclic) bond motifs is 2. The van der Waals surface area contributed by atoms with Crippen molar-refractivity contribution in [3.05, 3.63) is 70.2 Å². The maximum Gasteiger partial charge on any atom is 0.328 e. The summed E-state index contributed by atoms with van der Waals surface area (Å²) in [6.07, 6.45) is 1.12. The number of likely N-dealkylation sites (N-methyl/N-ethyl adjacent to an activating group) is 2. The molecule has 2 fully saturated rings. The van der Waals surface area contributed by atoms with Crippen LogP contribution in [0.1, 0.15) is 21.2 Å². The second-order valence-electron chi connectivity index (χ2n) is 10.7. The van der Waals surface area contributed by atoms with Crippen LogP contribution in [0.2, 0.25) is 10.0 Å². The Bertz CT molecular complexity index is 1610. The Morgan fingerprint density at radius 3 is 1.33 bits per heavy atom. The largest absolute Gasteiger partial charge is 0.478 e. The molecule has 2 saturated heterocycles. The first-order chi connectivity index (χ1) is 21.9. The van der Waals surface area contributed by atoms with E-state index in [1.54, 1.807) is 24.3 Å². The molecular weight excluding hydrogens is 639 g/mol. The molecule has 6 rings (SSSR count). The van der Waals surface area contributed by atoms with Crippen molar-refractivity contribution in [3.8, 4) is 0 Å². The van der Waals surface area contributed by atoms with Gasteiger partial charge in [-0.3, -0.25) is 9.59 Å². The van der Waals surface area contributed by atoms with Gasteiger partial charge < -0.3 is 39.8 Å². The highest BCUT2D eigenvalue weighted by atomic mass is 35.5. The van der Waals surface area contributed by atoms with E-state index in [2.05, 4.69) is 43.8 Å². The van der Waals surface area contributed by atoms with E-state index in [0.29, 0.717) is 33.8 Å². The summed E-state index contributed by atoms with van der Waals surface area (Å²) >= 11 is 11.8. The highest BCUT2D eigenvalue weighted by molar-refractivity contribution is 6.31. The lowest BCUT2D eigenvalue weighted by molar-refractivity contribution is -0.134. The molecule has 4 aromatic rings. The van der Waals surface area contributed by atoms with Crippen molar-refractivity contribution >= 4 is 69.0 Å². The SMILES string of the molecule is CN1CCN(C(=O)c2nc3ccc(Cl)cc3[nH]2)CC1.CN1CCN(C(=O)c2nc3ccc(Cl)cc3[nH]2)CC1.O=C(O)/C=C\C(=O)O. The van der Waals surface area contributed by atoms with E-state index < -0.39 is 11.9 Å². The van der Waals surface area contributed by atoms with Gasteiger partial charge in [-0.1, -0.05) is 23.2 Å². The number of hydrogen-bond acceptors (Lipinski definition) is 8. The van der Waals surface area contributed by atoms with Gasteiger partial charge in [-0.15, -0.1) is 0 Å². The highest BCUT2D eigenvalue weighted by Gasteiger charge is 2.24. The van der Waals surface area contributed by atoms with Crippen molar-refractivity contribution in [1.29, 1.82) is 0 Å². The number of halogens is 2. The molecule has 0 bridgehead atoms. The zero-order chi connectivity index (χ0) is 33.4. The smallest absolute Gasteiger partial charge is 0.328 e. The van der Waals surface area contributed by atoms with Gasteiger partial charge in [0, 0.05) is 74.6 Å². The fourth-order valence-corrected chi connectivity index (χ4v) is 4.97. The first kappa shape index (κ1) is 34.4. The number of nitrogens with one attached hydrogen (secondary N) is 2. The summed E-state index contributed by atoms with van der Waals surface area (Å²) < 4.78 is 0. The number of H-pyrrole nitrogens is 2. The Kier molecular flexibility index (Phi) is 11.7. The number of piperazine rings is 2. The molecule has 0 atom stereocenters. The Labute approximate surface area is 274 Å². The number of carbonyl (C=O) groups is 4. The first-order valence-electron chi connectivity index (χ1n) is 14.3. The van der Waals surface area contributed by atoms with Gasteiger partial charge in [-0.25, -0.2) is 19.6 Å². The predicted octanol–water partition coefficient (Wildman–Crippen LogP) is 2.92. The standard InChI is InChI=1S/2C13H15ClN4O.C4H4O4/c2*1-17-4-6-18(7-5-17)13(19)12-15-10-3-2-9(14)8-11(10)16-12;5-3(6)1-2-4(7)8/h2*2-3,8H,4-7H2,1H3,(H,15,16);1-2H,(H,5,6)(H,7,8)/b;;2-1-. The van der Waals surface area contributed by atoms with Crippen LogP contribution in [0.25, 0.3) is 22.1 Å². The Balaban J connectivity index is 0.000000170. The van der Waals surface area contributed by atoms with Gasteiger partial charge in [0.15, 0.2) is 11.6 Å². The molecule has 0 saturated carbocycles. The topological polar surface area (TPSA) is 179 Å². The summed E-state index contributed by atoms with van der Waals surface area (Å²) in [7, 11) is 4.12. The number of carbonyl (C=O) groups excluding carboxylic acids is 2. The molecule has 0 spiro atoms. The quantitative estimate of drug-likeness (QED) is 0.236. The second-order valence-corrected chi connectivity index (χ2v) is 11.6. The van der Waals surface area contributed by atoms with Crippen LogP contribution in [-0.4, -0.2) is 140 Å². The summed E-state index contributed by atoms with van der Waals surface area (Å²) in [6, 6.07) is 10.7. The van der Waals surface area contributed by atoms with E-state index in [9.17, 15) is 19.2 Å². The number of imidazole rings is 2. The molecule has 46 heavy (non-hydrogen) atoms. The van der Waals surface area contributed by atoms with Gasteiger partial charge in [0.25, 0.3) is 11.8 Å². The molecule has 2 amide bonds. The molecule has 0 aliphatic carbocycles. The van der Waals surface area contributed by atoms with Crippen LogP contribution in [0.15, 0.2) is 48.6 Å². The van der Waals surface area contributed by atoms with E-state index in [1.165, 1.54) is 0 Å². The number of aromatic nitrogens is 4. The van der Waals surface area contributed by atoms with Gasteiger partial charge in [-0.05, 0) is 50.5 Å². The summed E-state index contributed by atoms with van der Waals surface area (Å²) in [4.78, 5) is 66.6. The lowest BCUT2D eigenvalue weighted by atomic mass is 10.3. The molecule has 2 aromatic heterocycles. The van der Waals surface area contributed by atoms with Crippen molar-refractivity contribution in [2.24, 2.45) is 0 Å². The minimum Gasteiger partial charge on any atom is -0.478 e. The Hall–Kier alpha value is -4.50. The summed E-state index contributed by atoms with van der Waals surface area (Å²) in [6.45, 7) is 6.58. The molecule has 16 heteroatoms. The summed E-state index contributed by atoms with van der Waals surface area (Å²) in [5, 5.41) is 16.9. The van der Waals surface area contributed by atoms with E-state index in [1.807, 2.05) is 21.9 Å². The number of aliphatic carboxylic acids is 2. The lowest BCUT2D eigenvalue weighted by Crippen LogP contribution is -2.47. The van der Waals surface area contributed by atoms with E-state index in [4.69, 9.17) is 33.4 Å². The fourth-order valence-electron chi connectivity index (χ4n) is 4.63.